The molecule has 0 atom stereocenters. The summed E-state index contributed by atoms with van der Waals surface area (Å²) in [6.07, 6.45) is 0.777. The van der Waals surface area contributed by atoms with Gasteiger partial charge in [-0.2, -0.15) is 0 Å². The van der Waals surface area contributed by atoms with Crippen LogP contribution in [0.4, 0.5) is 5.69 Å². The van der Waals surface area contributed by atoms with Gasteiger partial charge in [-0.25, -0.2) is 0 Å². The van der Waals surface area contributed by atoms with Gasteiger partial charge in [-0.3, -0.25) is 10.1 Å². The van der Waals surface area contributed by atoms with Crippen molar-refractivity contribution in [2.75, 3.05) is 6.61 Å². The Morgan fingerprint density at radius 2 is 1.81 bits per heavy atom. The van der Waals surface area contributed by atoms with Crippen LogP contribution in [0.1, 0.15) is 13.3 Å². The van der Waals surface area contributed by atoms with Crippen LogP contribution in [-0.2, 0) is 0 Å². The molecule has 2 aromatic carbocycles. The van der Waals surface area contributed by atoms with Crippen molar-refractivity contribution in [3.8, 4) is 17.2 Å². The molecule has 0 N–H and O–H groups in total. The molecular formula is C15H14INO4. The monoisotopic (exact) mass is 399 g/mol. The van der Waals surface area contributed by atoms with Crippen molar-refractivity contribution in [1.82, 2.24) is 0 Å². The molecule has 0 aliphatic heterocycles. The van der Waals surface area contributed by atoms with Crippen LogP contribution < -0.4 is 9.47 Å². The van der Waals surface area contributed by atoms with Crippen LogP contribution in [0.2, 0.25) is 0 Å². The van der Waals surface area contributed by atoms with E-state index in [1.54, 1.807) is 30.3 Å². The van der Waals surface area contributed by atoms with Crippen LogP contribution in [0, 0.1) is 13.7 Å². The first-order valence-corrected chi connectivity index (χ1v) is 7.53. The molecule has 0 aromatic heterocycles. The Balaban J connectivity index is 2.33. The highest BCUT2D eigenvalue weighted by Gasteiger charge is 2.22. The number of nitro benzene ring substituents is 1. The van der Waals surface area contributed by atoms with Gasteiger partial charge in [0.25, 0.3) is 0 Å². The molecule has 0 heterocycles. The maximum Gasteiger partial charge on any atom is 0.352 e. The zero-order chi connectivity index (χ0) is 15.2. The molecule has 0 spiro atoms. The molecular weight excluding hydrogens is 385 g/mol. The second kappa shape index (κ2) is 7.26. The van der Waals surface area contributed by atoms with E-state index in [-0.39, 0.29) is 17.2 Å². The van der Waals surface area contributed by atoms with Gasteiger partial charge in [-0.1, -0.05) is 13.0 Å². The van der Waals surface area contributed by atoms with Crippen molar-refractivity contribution >= 4 is 28.3 Å². The highest BCUT2D eigenvalue weighted by Crippen LogP contribution is 2.39. The van der Waals surface area contributed by atoms with Crippen molar-refractivity contribution in [1.29, 1.82) is 0 Å². The second-order valence-electron chi connectivity index (χ2n) is 4.26. The fourth-order valence-electron chi connectivity index (χ4n) is 1.72. The van der Waals surface area contributed by atoms with Gasteiger partial charge in [0.1, 0.15) is 5.75 Å². The lowest BCUT2D eigenvalue weighted by atomic mass is 10.2. The molecule has 5 nitrogen and oxygen atoms in total. The predicted molar refractivity (Wildman–Crippen MR) is 88.1 cm³/mol. The molecule has 0 saturated carbocycles. The molecule has 110 valence electrons. The van der Waals surface area contributed by atoms with Gasteiger partial charge in [0.2, 0.25) is 11.5 Å². The Morgan fingerprint density at radius 3 is 2.43 bits per heavy atom. The van der Waals surface area contributed by atoms with E-state index in [1.807, 2.05) is 19.1 Å². The first-order valence-electron chi connectivity index (χ1n) is 6.45. The van der Waals surface area contributed by atoms with Gasteiger partial charge in [-0.15, -0.1) is 0 Å². The van der Waals surface area contributed by atoms with E-state index >= 15 is 0 Å². The second-order valence-corrected chi connectivity index (χ2v) is 5.51. The molecule has 0 aliphatic carbocycles. The van der Waals surface area contributed by atoms with Crippen LogP contribution in [0.25, 0.3) is 0 Å². The van der Waals surface area contributed by atoms with E-state index in [1.165, 1.54) is 0 Å². The molecule has 0 radical (unpaired) electrons. The Hall–Kier alpha value is -1.83. The first-order chi connectivity index (χ1) is 10.1. The third kappa shape index (κ3) is 4.07. The lowest BCUT2D eigenvalue weighted by Crippen LogP contribution is -2.01. The Kier molecular flexibility index (Phi) is 5.38. The van der Waals surface area contributed by atoms with Crippen LogP contribution in [0.3, 0.4) is 0 Å². The first kappa shape index (κ1) is 15.6. The minimum absolute atomic E-state index is 0.149. The van der Waals surface area contributed by atoms with Gasteiger partial charge in [0.05, 0.1) is 11.5 Å². The smallest absolute Gasteiger partial charge is 0.352 e. The van der Waals surface area contributed by atoms with Gasteiger partial charge in [0.15, 0.2) is 0 Å². The van der Waals surface area contributed by atoms with E-state index < -0.39 is 4.92 Å². The fraction of sp³-hybridized carbons (Fsp3) is 0.200. The summed E-state index contributed by atoms with van der Waals surface area (Å²) in [7, 11) is 0. The van der Waals surface area contributed by atoms with Crippen LogP contribution in [0.5, 0.6) is 17.2 Å². The third-order valence-corrected chi connectivity index (χ3v) is 3.37. The quantitative estimate of drug-likeness (QED) is 0.399. The van der Waals surface area contributed by atoms with Crippen molar-refractivity contribution < 1.29 is 14.4 Å². The van der Waals surface area contributed by atoms with Crippen molar-refractivity contribution in [2.45, 2.75) is 13.3 Å². The maximum atomic E-state index is 11.3. The Morgan fingerprint density at radius 1 is 1.14 bits per heavy atom. The standard InChI is InChI=1S/C15H14INO4/c1-2-10-20-13-4-3-5-14(15(13)17(18)19)21-12-8-6-11(16)7-9-12/h3-9H,2,10H2,1H3. The highest BCUT2D eigenvalue weighted by atomic mass is 127. The molecule has 0 saturated heterocycles. The molecule has 21 heavy (non-hydrogen) atoms. The number of rotatable bonds is 6. The molecule has 2 rings (SSSR count). The number of benzene rings is 2. The normalized spacial score (nSPS) is 10.2. The average molecular weight is 399 g/mol. The summed E-state index contributed by atoms with van der Waals surface area (Å²) >= 11 is 2.18. The number of hydrogen-bond donors (Lipinski definition) is 0. The van der Waals surface area contributed by atoms with Gasteiger partial charge in [0, 0.05) is 3.57 Å². The number of ether oxygens (including phenoxy) is 2. The molecule has 0 unspecified atom stereocenters. The molecule has 2 aromatic rings. The number of para-hydroxylation sites is 1. The summed E-state index contributed by atoms with van der Waals surface area (Å²) < 4.78 is 12.1. The lowest BCUT2D eigenvalue weighted by molar-refractivity contribution is -0.386. The van der Waals surface area contributed by atoms with E-state index in [4.69, 9.17) is 9.47 Å². The number of nitrogens with zero attached hydrogens (tertiary/aromatic N) is 1. The topological polar surface area (TPSA) is 61.6 Å². The lowest BCUT2D eigenvalue weighted by Gasteiger charge is -2.10. The summed E-state index contributed by atoms with van der Waals surface area (Å²) in [5.74, 6) is 0.950. The highest BCUT2D eigenvalue weighted by molar-refractivity contribution is 14.1. The number of hydrogen-bond acceptors (Lipinski definition) is 4. The molecule has 0 amide bonds. The fourth-order valence-corrected chi connectivity index (χ4v) is 2.08. The van der Waals surface area contributed by atoms with E-state index in [2.05, 4.69) is 22.6 Å². The van der Waals surface area contributed by atoms with Crippen LogP contribution in [-0.4, -0.2) is 11.5 Å². The number of halogens is 1. The molecule has 0 bridgehead atoms. The largest absolute Gasteiger partial charge is 0.487 e. The van der Waals surface area contributed by atoms with Gasteiger partial charge in [-0.05, 0) is 65.4 Å². The summed E-state index contributed by atoms with van der Waals surface area (Å²) in [6.45, 7) is 2.37. The molecule has 0 aliphatic rings. The number of nitro groups is 1. The zero-order valence-electron chi connectivity index (χ0n) is 11.4. The Bertz CT molecular complexity index is 628. The Labute approximate surface area is 136 Å². The summed E-state index contributed by atoms with van der Waals surface area (Å²) in [5, 5.41) is 11.3. The summed E-state index contributed by atoms with van der Waals surface area (Å²) in [5.41, 5.74) is -0.149. The maximum absolute atomic E-state index is 11.3. The van der Waals surface area contributed by atoms with Gasteiger partial charge >= 0.3 is 5.69 Å². The van der Waals surface area contributed by atoms with E-state index in [9.17, 15) is 10.1 Å². The zero-order valence-corrected chi connectivity index (χ0v) is 13.6. The van der Waals surface area contributed by atoms with E-state index in [0.29, 0.717) is 12.4 Å². The van der Waals surface area contributed by atoms with Crippen molar-refractivity contribution in [2.24, 2.45) is 0 Å². The summed E-state index contributed by atoms with van der Waals surface area (Å²) in [6, 6.07) is 12.1. The average Bonchev–Trinajstić information content (AvgIpc) is 2.47. The minimum atomic E-state index is -0.479. The SMILES string of the molecule is CCCOc1cccc(Oc2ccc(I)cc2)c1[N+](=O)[O-]. The predicted octanol–water partition coefficient (Wildman–Crippen LogP) is 4.78. The molecule has 0 fully saturated rings. The van der Waals surface area contributed by atoms with Gasteiger partial charge < -0.3 is 9.47 Å². The van der Waals surface area contributed by atoms with Crippen LogP contribution >= 0.6 is 22.6 Å². The van der Waals surface area contributed by atoms with E-state index in [0.717, 1.165) is 9.99 Å². The minimum Gasteiger partial charge on any atom is -0.487 e. The third-order valence-electron chi connectivity index (χ3n) is 2.65. The van der Waals surface area contributed by atoms with Crippen molar-refractivity contribution in [3.05, 3.63) is 56.1 Å². The van der Waals surface area contributed by atoms with Crippen LogP contribution in [0.15, 0.2) is 42.5 Å². The molecule has 6 heteroatoms. The van der Waals surface area contributed by atoms with Crippen molar-refractivity contribution in [3.63, 3.8) is 0 Å². The summed E-state index contributed by atoms with van der Waals surface area (Å²) in [4.78, 5) is 10.8.